The molecule has 0 fully saturated rings. The van der Waals surface area contributed by atoms with Crippen LogP contribution in [0.2, 0.25) is 0 Å². The van der Waals surface area contributed by atoms with Crippen LogP contribution in [0.25, 0.3) is 0 Å². The van der Waals surface area contributed by atoms with Crippen LogP contribution in [0.1, 0.15) is 0 Å². The van der Waals surface area contributed by atoms with Gasteiger partial charge >= 0.3 is 0 Å². The fourth-order valence-electron chi connectivity index (χ4n) is 0.386. The fourth-order valence-corrected chi connectivity index (χ4v) is 0.386. The van der Waals surface area contributed by atoms with Crippen molar-refractivity contribution in [3.05, 3.63) is 12.7 Å². The highest BCUT2D eigenvalue weighted by Gasteiger charge is 1.82. The minimum Gasteiger partial charge on any atom is -0.368 e. The van der Waals surface area contributed by atoms with E-state index in [1.54, 1.807) is 6.08 Å². The minimum absolute atomic E-state index is 0.0655. The number of hydrazine groups is 1. The van der Waals surface area contributed by atoms with E-state index in [2.05, 4.69) is 33.0 Å². The number of nitrogens with one attached hydrogen (secondary N) is 3. The van der Waals surface area contributed by atoms with Crippen molar-refractivity contribution in [3.63, 3.8) is 0 Å². The average Bonchev–Trinajstić information content (AvgIpc) is 2.11. The maximum absolute atomic E-state index is 8.06. The minimum atomic E-state index is -0.0655. The van der Waals surface area contributed by atoms with Crippen molar-refractivity contribution in [1.29, 1.82) is 5.26 Å². The third kappa shape index (κ3) is 7.83. The second-order valence-corrected chi connectivity index (χ2v) is 1.78. The zero-order valence-electron chi connectivity index (χ0n) is 6.99. The number of guanidine groups is 1. The van der Waals surface area contributed by atoms with Crippen molar-refractivity contribution in [2.75, 3.05) is 6.54 Å². The van der Waals surface area contributed by atoms with Crippen LogP contribution in [0.3, 0.4) is 0 Å². The molecule has 0 heterocycles. The number of nitrogens with two attached hydrogens (primary N) is 1. The van der Waals surface area contributed by atoms with Crippen LogP contribution in [-0.4, -0.2) is 18.8 Å². The molecule has 0 aliphatic heterocycles. The highest BCUT2D eigenvalue weighted by atomic mass is 15.4. The fraction of sp³-hybridized carbons (Fsp3) is 0.167. The summed E-state index contributed by atoms with van der Waals surface area (Å²) in [5, 5.41) is 11.6. The van der Waals surface area contributed by atoms with Crippen LogP contribution >= 0.6 is 0 Å². The van der Waals surface area contributed by atoms with Gasteiger partial charge in [-0.2, -0.15) is 10.4 Å². The second kappa shape index (κ2) is 8.03. The summed E-state index contributed by atoms with van der Waals surface area (Å²) in [6, 6.07) is 0. The quantitative estimate of drug-likeness (QED) is 0.104. The van der Waals surface area contributed by atoms with Gasteiger partial charge in [-0.1, -0.05) is 6.08 Å². The van der Waals surface area contributed by atoms with Gasteiger partial charge in [0.25, 0.3) is 0 Å². The van der Waals surface area contributed by atoms with Gasteiger partial charge in [0, 0.05) is 6.54 Å². The third-order valence-electron chi connectivity index (χ3n) is 0.827. The molecule has 0 unspecified atom stereocenters. The number of aliphatic imine (C=N–C) groups is 1. The van der Waals surface area contributed by atoms with Crippen molar-refractivity contribution in [3.8, 4) is 6.19 Å². The number of hydrazone groups is 1. The van der Waals surface area contributed by atoms with Crippen molar-refractivity contribution < 1.29 is 0 Å². The van der Waals surface area contributed by atoms with Crippen LogP contribution in [0, 0.1) is 11.5 Å². The van der Waals surface area contributed by atoms with Gasteiger partial charge in [-0.15, -0.1) is 11.6 Å². The maximum atomic E-state index is 8.06. The summed E-state index contributed by atoms with van der Waals surface area (Å²) in [7, 11) is 0. The van der Waals surface area contributed by atoms with Crippen molar-refractivity contribution in [2.24, 2.45) is 15.8 Å². The second-order valence-electron chi connectivity index (χ2n) is 1.78. The van der Waals surface area contributed by atoms with E-state index < -0.39 is 0 Å². The lowest BCUT2D eigenvalue weighted by Crippen LogP contribution is -2.33. The predicted molar refractivity (Wildman–Crippen MR) is 50.2 cm³/mol. The van der Waals surface area contributed by atoms with E-state index >= 15 is 0 Å². The Bertz CT molecular complexity index is 236. The summed E-state index contributed by atoms with van der Waals surface area (Å²) in [5.74, 6) is -0.0655. The Morgan fingerprint density at radius 1 is 1.69 bits per heavy atom. The predicted octanol–water partition coefficient (Wildman–Crippen LogP) is -1.40. The molecule has 5 N–H and O–H groups in total. The molecule has 0 aromatic rings. The highest BCUT2D eigenvalue weighted by molar-refractivity contribution is 5.79. The Morgan fingerprint density at radius 3 is 3.08 bits per heavy atom. The molecule has 0 saturated heterocycles. The average molecular weight is 181 g/mol. The number of hydrogen-bond acceptors (Lipinski definition) is 4. The maximum Gasteiger partial charge on any atom is 0.225 e. The molecule has 0 saturated carbocycles. The van der Waals surface area contributed by atoms with Crippen molar-refractivity contribution in [2.45, 2.75) is 0 Å². The van der Waals surface area contributed by atoms with E-state index in [0.29, 0.717) is 6.54 Å². The first-order valence-electron chi connectivity index (χ1n) is 3.40. The van der Waals surface area contributed by atoms with Crippen molar-refractivity contribution in [1.82, 2.24) is 16.3 Å². The zero-order chi connectivity index (χ0) is 9.94. The lowest BCUT2D eigenvalue weighted by molar-refractivity contribution is 0.721. The zero-order valence-corrected chi connectivity index (χ0v) is 6.99. The first-order valence-corrected chi connectivity index (χ1v) is 3.40. The largest absolute Gasteiger partial charge is 0.368 e. The van der Waals surface area contributed by atoms with Gasteiger partial charge in [0.1, 0.15) is 6.34 Å². The molecule has 0 radical (unpaired) electrons. The summed E-state index contributed by atoms with van der Waals surface area (Å²) in [6.45, 7) is 4.10. The Hall–Kier alpha value is -2.07. The standard InChI is InChI=1S/C6H11N7/c1-2-3-10-11-5-12-13-6(8)9-4-7/h2,5,10H,1,3H2,(H,11,12)(H3,8,9,13). The van der Waals surface area contributed by atoms with Crippen molar-refractivity contribution >= 4 is 12.3 Å². The SMILES string of the molecule is C=CCNNC=NNC(N)=NC#N. The van der Waals surface area contributed by atoms with Crippen LogP contribution in [0.15, 0.2) is 22.7 Å². The summed E-state index contributed by atoms with van der Waals surface area (Å²) < 4.78 is 0. The van der Waals surface area contributed by atoms with E-state index in [9.17, 15) is 0 Å². The Kier molecular flexibility index (Phi) is 6.75. The van der Waals surface area contributed by atoms with E-state index in [0.717, 1.165) is 0 Å². The van der Waals surface area contributed by atoms with E-state index in [1.165, 1.54) is 12.5 Å². The summed E-state index contributed by atoms with van der Waals surface area (Å²) >= 11 is 0. The summed E-state index contributed by atoms with van der Waals surface area (Å²) in [6.07, 6.45) is 4.51. The number of nitriles is 1. The number of rotatable bonds is 5. The van der Waals surface area contributed by atoms with Gasteiger partial charge in [0.05, 0.1) is 0 Å². The molecule has 0 aliphatic rings. The van der Waals surface area contributed by atoms with Crippen LogP contribution in [0.5, 0.6) is 0 Å². The first-order chi connectivity index (χ1) is 6.31. The Morgan fingerprint density at radius 2 is 2.46 bits per heavy atom. The third-order valence-corrected chi connectivity index (χ3v) is 0.827. The number of nitrogens with zero attached hydrogens (tertiary/aromatic N) is 3. The summed E-state index contributed by atoms with van der Waals surface area (Å²) in [5.41, 5.74) is 12.8. The van der Waals surface area contributed by atoms with Gasteiger partial charge in [-0.25, -0.2) is 10.9 Å². The molecule has 0 aromatic carbocycles. The molecule has 0 aliphatic carbocycles. The van der Waals surface area contributed by atoms with Crippen LogP contribution < -0.4 is 22.0 Å². The molecule has 7 nitrogen and oxygen atoms in total. The molecule has 70 valence electrons. The smallest absolute Gasteiger partial charge is 0.225 e. The first kappa shape index (κ1) is 10.9. The van der Waals surface area contributed by atoms with Crippen LogP contribution in [-0.2, 0) is 0 Å². The van der Waals surface area contributed by atoms with E-state index in [1.807, 2.05) is 0 Å². The number of hydrogen-bond donors (Lipinski definition) is 4. The molecule has 7 heteroatoms. The Balaban J connectivity index is 3.47. The van der Waals surface area contributed by atoms with Gasteiger partial charge < -0.3 is 11.2 Å². The van der Waals surface area contributed by atoms with Gasteiger partial charge in [-0.05, 0) is 0 Å². The summed E-state index contributed by atoms with van der Waals surface area (Å²) in [4.78, 5) is 3.17. The van der Waals surface area contributed by atoms with E-state index in [-0.39, 0.29) is 5.96 Å². The molecular weight excluding hydrogens is 170 g/mol. The molecule has 0 atom stereocenters. The molecule has 13 heavy (non-hydrogen) atoms. The van der Waals surface area contributed by atoms with Gasteiger partial charge in [0.15, 0.2) is 0 Å². The molecule has 0 bridgehead atoms. The topological polar surface area (TPSA) is 111 Å². The van der Waals surface area contributed by atoms with E-state index in [4.69, 9.17) is 11.0 Å². The molecule has 0 amide bonds. The van der Waals surface area contributed by atoms with Gasteiger partial charge in [-0.3, -0.25) is 0 Å². The Labute approximate surface area is 76.0 Å². The molecule has 0 spiro atoms. The lowest BCUT2D eigenvalue weighted by Gasteiger charge is -1.98. The highest BCUT2D eigenvalue weighted by Crippen LogP contribution is 1.60. The molecular formula is C6H11N7. The van der Waals surface area contributed by atoms with Crippen LogP contribution in [0.4, 0.5) is 0 Å². The normalized spacial score (nSPS) is 10.8. The molecule has 0 aromatic heterocycles. The van der Waals surface area contributed by atoms with Gasteiger partial charge in [0.2, 0.25) is 12.2 Å². The lowest BCUT2D eigenvalue weighted by atomic mass is 10.7. The molecule has 0 rings (SSSR count). The monoisotopic (exact) mass is 181 g/mol.